The van der Waals surface area contributed by atoms with Crippen molar-refractivity contribution in [1.82, 2.24) is 9.55 Å². The van der Waals surface area contributed by atoms with Crippen LogP contribution in [0.25, 0.3) is 5.69 Å². The molecule has 0 spiro atoms. The standard InChI is InChI=1S/C20H13F2N3O4/c1-2-29-20(28)14-13-16(18(27)15-10(17(13)26)4-3-7-24-15)25(19(14)23)9-5-6-11(21)12(22)8-9/h3-8H,2,23H2,1H3. The number of rotatable bonds is 3. The predicted molar refractivity (Wildman–Crippen MR) is 97.2 cm³/mol. The molecule has 2 aromatic heterocycles. The first-order valence-electron chi connectivity index (χ1n) is 8.57. The van der Waals surface area contributed by atoms with Gasteiger partial charge in [0.05, 0.1) is 23.4 Å². The van der Waals surface area contributed by atoms with Crippen molar-refractivity contribution in [1.29, 1.82) is 0 Å². The molecule has 0 saturated carbocycles. The van der Waals surface area contributed by atoms with E-state index in [1.165, 1.54) is 24.4 Å². The number of carbonyl (C=O) groups excluding carboxylic acids is 3. The Kier molecular flexibility index (Phi) is 4.22. The number of ether oxygens (including phenoxy) is 1. The van der Waals surface area contributed by atoms with Crippen LogP contribution in [0.1, 0.15) is 49.4 Å². The van der Waals surface area contributed by atoms with Gasteiger partial charge < -0.3 is 10.5 Å². The van der Waals surface area contributed by atoms with Crippen molar-refractivity contribution >= 4 is 23.4 Å². The Balaban J connectivity index is 2.08. The van der Waals surface area contributed by atoms with Crippen LogP contribution in [-0.2, 0) is 4.74 Å². The number of aromatic nitrogens is 2. The molecule has 146 valence electrons. The summed E-state index contributed by atoms with van der Waals surface area (Å²) in [6.07, 6.45) is 1.34. The highest BCUT2D eigenvalue weighted by Crippen LogP contribution is 2.37. The van der Waals surface area contributed by atoms with Gasteiger partial charge in [0.25, 0.3) is 0 Å². The first kappa shape index (κ1) is 18.5. The Labute approximate surface area is 162 Å². The van der Waals surface area contributed by atoms with Crippen LogP contribution in [0.4, 0.5) is 14.6 Å². The molecule has 0 saturated heterocycles. The fourth-order valence-corrected chi connectivity index (χ4v) is 3.35. The summed E-state index contributed by atoms with van der Waals surface area (Å²) in [6.45, 7) is 1.57. The van der Waals surface area contributed by atoms with Gasteiger partial charge in [0.2, 0.25) is 5.78 Å². The first-order chi connectivity index (χ1) is 13.9. The molecule has 0 amide bonds. The molecule has 4 rings (SSSR count). The smallest absolute Gasteiger partial charge is 0.342 e. The second-order valence-corrected chi connectivity index (χ2v) is 6.20. The van der Waals surface area contributed by atoms with Gasteiger partial charge in [-0.15, -0.1) is 0 Å². The van der Waals surface area contributed by atoms with Gasteiger partial charge in [0.1, 0.15) is 22.8 Å². The van der Waals surface area contributed by atoms with Gasteiger partial charge in [-0.05, 0) is 31.2 Å². The average Bonchev–Trinajstić information content (AvgIpc) is 3.02. The number of nitrogens with zero attached hydrogens (tertiary/aromatic N) is 2. The number of anilines is 1. The molecule has 3 aromatic rings. The fraction of sp³-hybridized carbons (Fsp3) is 0.100. The highest BCUT2D eigenvalue weighted by atomic mass is 19.2. The molecule has 0 aliphatic heterocycles. The molecule has 1 aliphatic rings. The monoisotopic (exact) mass is 397 g/mol. The number of hydrogen-bond acceptors (Lipinski definition) is 6. The van der Waals surface area contributed by atoms with Crippen molar-refractivity contribution in [2.45, 2.75) is 6.92 Å². The predicted octanol–water partition coefficient (Wildman–Crippen LogP) is 2.68. The average molecular weight is 397 g/mol. The van der Waals surface area contributed by atoms with E-state index in [1.54, 1.807) is 6.92 Å². The third-order valence-corrected chi connectivity index (χ3v) is 4.56. The summed E-state index contributed by atoms with van der Waals surface area (Å²) in [5.41, 5.74) is 5.15. The summed E-state index contributed by atoms with van der Waals surface area (Å²) in [4.78, 5) is 42.7. The zero-order valence-electron chi connectivity index (χ0n) is 15.0. The van der Waals surface area contributed by atoms with Gasteiger partial charge in [-0.1, -0.05) is 0 Å². The van der Waals surface area contributed by atoms with Crippen molar-refractivity contribution in [2.24, 2.45) is 0 Å². The second kappa shape index (κ2) is 6.62. The molecule has 2 heterocycles. The molecule has 2 N–H and O–H groups in total. The summed E-state index contributed by atoms with van der Waals surface area (Å²) in [7, 11) is 0. The largest absolute Gasteiger partial charge is 0.462 e. The van der Waals surface area contributed by atoms with Crippen molar-refractivity contribution in [3.8, 4) is 5.69 Å². The van der Waals surface area contributed by atoms with Gasteiger partial charge >= 0.3 is 5.97 Å². The van der Waals surface area contributed by atoms with Crippen molar-refractivity contribution in [3.05, 3.63) is 76.2 Å². The second-order valence-electron chi connectivity index (χ2n) is 6.20. The van der Waals surface area contributed by atoms with E-state index in [0.717, 1.165) is 16.7 Å². The van der Waals surface area contributed by atoms with Crippen LogP contribution < -0.4 is 5.73 Å². The molecule has 1 aliphatic carbocycles. The minimum Gasteiger partial charge on any atom is -0.462 e. The van der Waals surface area contributed by atoms with Crippen LogP contribution in [0.15, 0.2) is 36.5 Å². The zero-order valence-corrected chi connectivity index (χ0v) is 15.0. The summed E-state index contributed by atoms with van der Waals surface area (Å²) in [5.74, 6) is -4.81. The molecular weight excluding hydrogens is 384 g/mol. The highest BCUT2D eigenvalue weighted by Gasteiger charge is 2.41. The van der Waals surface area contributed by atoms with Crippen molar-refractivity contribution in [3.63, 3.8) is 0 Å². The van der Waals surface area contributed by atoms with E-state index in [2.05, 4.69) is 4.98 Å². The maximum atomic E-state index is 13.8. The Morgan fingerprint density at radius 2 is 1.93 bits per heavy atom. The Morgan fingerprint density at radius 1 is 1.17 bits per heavy atom. The summed E-state index contributed by atoms with van der Waals surface area (Å²) < 4.78 is 33.3. The van der Waals surface area contributed by atoms with E-state index >= 15 is 0 Å². The van der Waals surface area contributed by atoms with E-state index in [-0.39, 0.29) is 46.2 Å². The molecule has 29 heavy (non-hydrogen) atoms. The number of halogens is 2. The fourth-order valence-electron chi connectivity index (χ4n) is 3.35. The number of carbonyl (C=O) groups is 3. The van der Waals surface area contributed by atoms with Crippen LogP contribution >= 0.6 is 0 Å². The third-order valence-electron chi connectivity index (χ3n) is 4.56. The molecular formula is C20H13F2N3O4. The van der Waals surface area contributed by atoms with Gasteiger partial charge in [-0.3, -0.25) is 19.1 Å². The number of nitrogens with two attached hydrogens (primary N) is 1. The van der Waals surface area contributed by atoms with E-state index in [9.17, 15) is 23.2 Å². The lowest BCUT2D eigenvalue weighted by Gasteiger charge is -2.16. The number of ketones is 2. The van der Waals surface area contributed by atoms with E-state index < -0.39 is 29.2 Å². The Morgan fingerprint density at radius 3 is 2.62 bits per heavy atom. The number of hydrogen-bond donors (Lipinski definition) is 1. The zero-order chi connectivity index (χ0) is 20.9. The van der Waals surface area contributed by atoms with Crippen LogP contribution in [0.3, 0.4) is 0 Å². The molecule has 0 unspecified atom stereocenters. The van der Waals surface area contributed by atoms with Crippen LogP contribution in [-0.4, -0.2) is 33.7 Å². The Hall–Kier alpha value is -3.88. The topological polar surface area (TPSA) is 104 Å². The lowest BCUT2D eigenvalue weighted by molar-refractivity contribution is 0.0525. The molecule has 0 bridgehead atoms. The summed E-state index contributed by atoms with van der Waals surface area (Å²) >= 11 is 0. The molecule has 7 nitrogen and oxygen atoms in total. The van der Waals surface area contributed by atoms with Gasteiger partial charge in [0, 0.05) is 12.3 Å². The van der Waals surface area contributed by atoms with E-state index in [4.69, 9.17) is 10.5 Å². The van der Waals surface area contributed by atoms with E-state index in [0.29, 0.717) is 0 Å². The lowest BCUT2D eigenvalue weighted by atomic mass is 9.89. The van der Waals surface area contributed by atoms with Gasteiger partial charge in [0.15, 0.2) is 17.4 Å². The minimum atomic E-state index is -1.19. The normalized spacial score (nSPS) is 12.5. The highest BCUT2D eigenvalue weighted by molar-refractivity contribution is 6.30. The number of esters is 1. The van der Waals surface area contributed by atoms with E-state index in [1.807, 2.05) is 0 Å². The number of pyridine rings is 1. The summed E-state index contributed by atoms with van der Waals surface area (Å²) in [6, 6.07) is 5.73. The SMILES string of the molecule is CCOC(=O)c1c2c(n(-c3ccc(F)c(F)c3)c1N)C(=O)c1ncccc1C2=O. The molecule has 9 heteroatoms. The Bertz CT molecular complexity index is 1220. The number of benzene rings is 1. The number of nitrogen functional groups attached to an aromatic ring is 1. The maximum absolute atomic E-state index is 13.8. The van der Waals surface area contributed by atoms with Crippen molar-refractivity contribution in [2.75, 3.05) is 12.3 Å². The summed E-state index contributed by atoms with van der Waals surface area (Å²) in [5, 5.41) is 0. The maximum Gasteiger partial charge on any atom is 0.342 e. The molecule has 1 aromatic carbocycles. The molecule has 0 fully saturated rings. The van der Waals surface area contributed by atoms with Crippen molar-refractivity contribution < 1.29 is 27.9 Å². The quantitative estimate of drug-likeness (QED) is 0.533. The molecule has 0 radical (unpaired) electrons. The first-order valence-corrected chi connectivity index (χ1v) is 8.57. The van der Waals surface area contributed by atoms with Gasteiger partial charge in [-0.2, -0.15) is 0 Å². The van der Waals surface area contributed by atoms with Crippen LogP contribution in [0, 0.1) is 11.6 Å². The third kappa shape index (κ3) is 2.62. The van der Waals surface area contributed by atoms with Crippen LogP contribution in [0.5, 0.6) is 0 Å². The minimum absolute atomic E-state index is 0.00365. The molecule has 0 atom stereocenters. The lowest BCUT2D eigenvalue weighted by Crippen LogP contribution is -2.25. The van der Waals surface area contributed by atoms with Crippen LogP contribution in [0.2, 0.25) is 0 Å². The number of fused-ring (bicyclic) bond motifs is 2. The van der Waals surface area contributed by atoms with Gasteiger partial charge in [-0.25, -0.2) is 13.6 Å².